The van der Waals surface area contributed by atoms with Crippen molar-refractivity contribution in [3.63, 3.8) is 0 Å². The SMILES string of the molecule is CC(C)CCN(CCC(C)C)c1nc(NN)ncc1Br. The van der Waals surface area contributed by atoms with Gasteiger partial charge in [-0.3, -0.25) is 5.43 Å². The summed E-state index contributed by atoms with van der Waals surface area (Å²) >= 11 is 3.54. The molecule has 0 spiro atoms. The van der Waals surface area contributed by atoms with Crippen molar-refractivity contribution in [3.05, 3.63) is 10.7 Å². The Hall–Kier alpha value is -0.880. The monoisotopic (exact) mass is 343 g/mol. The van der Waals surface area contributed by atoms with Gasteiger partial charge in [0.1, 0.15) is 5.82 Å². The first-order valence-corrected chi connectivity index (χ1v) is 7.97. The van der Waals surface area contributed by atoms with Gasteiger partial charge in [0.15, 0.2) is 0 Å². The Morgan fingerprint density at radius 3 is 2.20 bits per heavy atom. The van der Waals surface area contributed by atoms with E-state index in [0.29, 0.717) is 17.8 Å². The molecule has 20 heavy (non-hydrogen) atoms. The number of hydrogen-bond donors (Lipinski definition) is 2. The van der Waals surface area contributed by atoms with Gasteiger partial charge in [-0.2, -0.15) is 4.98 Å². The fraction of sp³-hybridized carbons (Fsp3) is 0.714. The average Bonchev–Trinajstić information content (AvgIpc) is 2.39. The summed E-state index contributed by atoms with van der Waals surface area (Å²) in [4.78, 5) is 10.9. The van der Waals surface area contributed by atoms with Crippen LogP contribution in [0.3, 0.4) is 0 Å². The van der Waals surface area contributed by atoms with Gasteiger partial charge < -0.3 is 4.90 Å². The zero-order chi connectivity index (χ0) is 15.1. The predicted molar refractivity (Wildman–Crippen MR) is 88.7 cm³/mol. The van der Waals surface area contributed by atoms with E-state index in [9.17, 15) is 0 Å². The van der Waals surface area contributed by atoms with Gasteiger partial charge in [-0.15, -0.1) is 0 Å². The molecule has 1 heterocycles. The van der Waals surface area contributed by atoms with Crippen LogP contribution in [0.2, 0.25) is 0 Å². The molecule has 0 radical (unpaired) electrons. The predicted octanol–water partition coefficient (Wildman–Crippen LogP) is 3.42. The van der Waals surface area contributed by atoms with E-state index in [1.807, 2.05) is 0 Å². The van der Waals surface area contributed by atoms with E-state index in [1.54, 1.807) is 6.20 Å². The van der Waals surface area contributed by atoms with Gasteiger partial charge in [0.05, 0.1) is 4.47 Å². The third-order valence-corrected chi connectivity index (χ3v) is 3.67. The molecule has 1 aromatic heterocycles. The number of nitrogens with one attached hydrogen (secondary N) is 1. The number of nitrogens with two attached hydrogens (primary N) is 1. The van der Waals surface area contributed by atoms with Gasteiger partial charge in [0.2, 0.25) is 5.95 Å². The minimum Gasteiger partial charge on any atom is -0.355 e. The number of rotatable bonds is 8. The molecule has 114 valence electrons. The van der Waals surface area contributed by atoms with Crippen LogP contribution in [0.15, 0.2) is 10.7 Å². The van der Waals surface area contributed by atoms with Crippen LogP contribution >= 0.6 is 15.9 Å². The number of hydrazine groups is 1. The lowest BCUT2D eigenvalue weighted by molar-refractivity contribution is 0.532. The van der Waals surface area contributed by atoms with Crippen LogP contribution in [-0.2, 0) is 0 Å². The molecule has 0 atom stereocenters. The number of anilines is 2. The zero-order valence-electron chi connectivity index (χ0n) is 12.9. The lowest BCUT2D eigenvalue weighted by atomic mass is 10.1. The Balaban J connectivity index is 2.89. The number of hydrogen-bond acceptors (Lipinski definition) is 5. The van der Waals surface area contributed by atoms with Crippen LogP contribution in [0.1, 0.15) is 40.5 Å². The van der Waals surface area contributed by atoms with Gasteiger partial charge in [0.25, 0.3) is 0 Å². The summed E-state index contributed by atoms with van der Waals surface area (Å²) in [6, 6.07) is 0. The van der Waals surface area contributed by atoms with E-state index in [0.717, 1.165) is 36.2 Å². The first-order chi connectivity index (χ1) is 9.43. The number of nitrogens with zero attached hydrogens (tertiary/aromatic N) is 3. The lowest BCUT2D eigenvalue weighted by Crippen LogP contribution is -2.29. The van der Waals surface area contributed by atoms with E-state index >= 15 is 0 Å². The Labute approximate surface area is 130 Å². The second kappa shape index (κ2) is 8.42. The third kappa shape index (κ3) is 5.63. The molecular formula is C14H26BrN5. The van der Waals surface area contributed by atoms with Crippen molar-refractivity contribution in [2.24, 2.45) is 17.7 Å². The fourth-order valence-electron chi connectivity index (χ4n) is 1.80. The van der Waals surface area contributed by atoms with Crippen LogP contribution in [-0.4, -0.2) is 23.1 Å². The van der Waals surface area contributed by atoms with Gasteiger partial charge >= 0.3 is 0 Å². The summed E-state index contributed by atoms with van der Waals surface area (Å²) in [5.74, 6) is 8.10. The van der Waals surface area contributed by atoms with Crippen molar-refractivity contribution in [1.29, 1.82) is 0 Å². The summed E-state index contributed by atoms with van der Waals surface area (Å²) in [7, 11) is 0. The standard InChI is InChI=1S/C14H26BrN5/c1-10(2)5-7-20(8-6-11(3)4)13-12(15)9-17-14(18-13)19-16/h9-11H,5-8,16H2,1-4H3,(H,17,18,19). The molecule has 6 heteroatoms. The summed E-state index contributed by atoms with van der Waals surface area (Å²) in [6.07, 6.45) is 4.02. The molecule has 0 aliphatic rings. The molecule has 0 aliphatic heterocycles. The quantitative estimate of drug-likeness (QED) is 0.559. The normalized spacial score (nSPS) is 11.2. The van der Waals surface area contributed by atoms with E-state index in [-0.39, 0.29) is 0 Å². The molecule has 1 rings (SSSR count). The molecule has 0 unspecified atom stereocenters. The van der Waals surface area contributed by atoms with Crippen molar-refractivity contribution in [2.45, 2.75) is 40.5 Å². The molecule has 0 aliphatic carbocycles. The summed E-state index contributed by atoms with van der Waals surface area (Å²) in [5.41, 5.74) is 2.51. The highest BCUT2D eigenvalue weighted by molar-refractivity contribution is 9.10. The third-order valence-electron chi connectivity index (χ3n) is 3.11. The number of nitrogen functional groups attached to an aromatic ring is 1. The first kappa shape index (κ1) is 17.2. The minimum absolute atomic E-state index is 0.447. The van der Waals surface area contributed by atoms with E-state index in [1.165, 1.54) is 0 Å². The molecule has 3 N–H and O–H groups in total. The minimum atomic E-state index is 0.447. The second-order valence-electron chi connectivity index (χ2n) is 5.86. The van der Waals surface area contributed by atoms with Crippen LogP contribution in [0.5, 0.6) is 0 Å². The Bertz CT molecular complexity index is 397. The highest BCUT2D eigenvalue weighted by Gasteiger charge is 2.14. The van der Waals surface area contributed by atoms with E-state index in [4.69, 9.17) is 5.84 Å². The van der Waals surface area contributed by atoms with E-state index in [2.05, 4.69) is 63.9 Å². The average molecular weight is 344 g/mol. The van der Waals surface area contributed by atoms with Gasteiger partial charge in [-0.05, 0) is 40.6 Å². The Morgan fingerprint density at radius 2 is 1.75 bits per heavy atom. The van der Waals surface area contributed by atoms with Crippen molar-refractivity contribution >= 4 is 27.7 Å². The molecule has 0 amide bonds. The maximum Gasteiger partial charge on any atom is 0.239 e. The summed E-state index contributed by atoms with van der Waals surface area (Å²) in [6.45, 7) is 10.9. The summed E-state index contributed by atoms with van der Waals surface area (Å²) < 4.78 is 0.906. The van der Waals surface area contributed by atoms with Crippen molar-refractivity contribution in [3.8, 4) is 0 Å². The highest BCUT2D eigenvalue weighted by Crippen LogP contribution is 2.25. The molecule has 0 bridgehead atoms. The van der Waals surface area contributed by atoms with Crippen LogP contribution in [0.4, 0.5) is 11.8 Å². The van der Waals surface area contributed by atoms with Gasteiger partial charge in [0, 0.05) is 19.3 Å². The molecule has 0 aromatic carbocycles. The number of halogens is 1. The number of aromatic nitrogens is 2. The zero-order valence-corrected chi connectivity index (χ0v) is 14.4. The Kier molecular flexibility index (Phi) is 7.23. The molecule has 0 saturated carbocycles. The van der Waals surface area contributed by atoms with Gasteiger partial charge in [-0.1, -0.05) is 27.7 Å². The van der Waals surface area contributed by atoms with Crippen LogP contribution in [0.25, 0.3) is 0 Å². The first-order valence-electron chi connectivity index (χ1n) is 7.18. The second-order valence-corrected chi connectivity index (χ2v) is 6.72. The smallest absolute Gasteiger partial charge is 0.239 e. The largest absolute Gasteiger partial charge is 0.355 e. The fourth-order valence-corrected chi connectivity index (χ4v) is 2.24. The van der Waals surface area contributed by atoms with Crippen molar-refractivity contribution < 1.29 is 0 Å². The molecule has 1 aromatic rings. The van der Waals surface area contributed by atoms with Crippen LogP contribution in [0, 0.1) is 11.8 Å². The maximum atomic E-state index is 5.40. The lowest BCUT2D eigenvalue weighted by Gasteiger charge is -2.26. The highest BCUT2D eigenvalue weighted by atomic mass is 79.9. The van der Waals surface area contributed by atoms with Crippen molar-refractivity contribution in [2.75, 3.05) is 23.4 Å². The molecule has 0 saturated heterocycles. The topological polar surface area (TPSA) is 67.1 Å². The molecule has 5 nitrogen and oxygen atoms in total. The molecular weight excluding hydrogens is 318 g/mol. The Morgan fingerprint density at radius 1 is 1.20 bits per heavy atom. The van der Waals surface area contributed by atoms with E-state index < -0.39 is 0 Å². The molecule has 0 fully saturated rings. The van der Waals surface area contributed by atoms with Crippen LogP contribution < -0.4 is 16.2 Å². The maximum absolute atomic E-state index is 5.40. The van der Waals surface area contributed by atoms with Gasteiger partial charge in [-0.25, -0.2) is 10.8 Å². The summed E-state index contributed by atoms with van der Waals surface area (Å²) in [5, 5.41) is 0. The van der Waals surface area contributed by atoms with Crippen molar-refractivity contribution in [1.82, 2.24) is 9.97 Å².